The average Bonchev–Trinajstić information content (AvgIpc) is 3.24. The summed E-state index contributed by atoms with van der Waals surface area (Å²) in [5, 5.41) is 7.98. The molecule has 0 bridgehead atoms. The van der Waals surface area contributed by atoms with Crippen LogP contribution in [0.5, 0.6) is 5.75 Å². The second kappa shape index (κ2) is 8.52. The van der Waals surface area contributed by atoms with Gasteiger partial charge in [0.05, 0.1) is 35.6 Å². The summed E-state index contributed by atoms with van der Waals surface area (Å²) >= 11 is 6.18. The minimum atomic E-state index is -0.265. The van der Waals surface area contributed by atoms with Gasteiger partial charge in [0.2, 0.25) is 0 Å². The van der Waals surface area contributed by atoms with Crippen LogP contribution >= 0.6 is 11.6 Å². The number of rotatable bonds is 7. The second-order valence-electron chi connectivity index (χ2n) is 6.61. The van der Waals surface area contributed by atoms with Gasteiger partial charge >= 0.3 is 0 Å². The molecule has 0 aliphatic heterocycles. The standard InChI is InChI=1S/C21H24ClN3O3/c1-5-27-17-8-6-16(7-9-17)13(2)23-21(26)19-11-10-18(28-19)12-25-15(4)20(22)14(3)24-25/h6-11,13H,5,12H2,1-4H3,(H,23,26). The molecule has 2 heterocycles. The molecular weight excluding hydrogens is 378 g/mol. The molecular formula is C21H24ClN3O3. The average molecular weight is 402 g/mol. The van der Waals surface area contributed by atoms with E-state index in [1.54, 1.807) is 16.8 Å². The fourth-order valence-electron chi connectivity index (χ4n) is 2.93. The Morgan fingerprint density at radius 1 is 1.25 bits per heavy atom. The molecule has 1 unspecified atom stereocenters. The molecule has 1 atom stereocenters. The van der Waals surface area contributed by atoms with Crippen molar-refractivity contribution < 1.29 is 13.9 Å². The number of ether oxygens (including phenoxy) is 1. The molecule has 28 heavy (non-hydrogen) atoms. The number of aromatic nitrogens is 2. The van der Waals surface area contributed by atoms with Gasteiger partial charge in [0.25, 0.3) is 5.91 Å². The van der Waals surface area contributed by atoms with E-state index in [9.17, 15) is 4.79 Å². The summed E-state index contributed by atoms with van der Waals surface area (Å²) in [4.78, 5) is 12.5. The number of hydrogen-bond donors (Lipinski definition) is 1. The zero-order chi connectivity index (χ0) is 20.3. The maximum Gasteiger partial charge on any atom is 0.287 e. The van der Waals surface area contributed by atoms with Gasteiger partial charge < -0.3 is 14.5 Å². The van der Waals surface area contributed by atoms with Crippen molar-refractivity contribution in [3.05, 3.63) is 69.9 Å². The third-order valence-electron chi connectivity index (χ3n) is 4.52. The van der Waals surface area contributed by atoms with E-state index in [1.165, 1.54) is 0 Å². The summed E-state index contributed by atoms with van der Waals surface area (Å²) in [6.45, 7) is 8.66. The summed E-state index contributed by atoms with van der Waals surface area (Å²) < 4.78 is 12.9. The van der Waals surface area contributed by atoms with Crippen molar-refractivity contribution in [2.75, 3.05) is 6.61 Å². The Bertz CT molecular complexity index is 960. The number of carbonyl (C=O) groups excluding carboxylic acids is 1. The van der Waals surface area contributed by atoms with Gasteiger partial charge in [-0.15, -0.1) is 0 Å². The van der Waals surface area contributed by atoms with Crippen LogP contribution in [0.1, 0.15) is 53.2 Å². The van der Waals surface area contributed by atoms with Crippen molar-refractivity contribution in [1.82, 2.24) is 15.1 Å². The van der Waals surface area contributed by atoms with Crippen molar-refractivity contribution in [2.24, 2.45) is 0 Å². The van der Waals surface area contributed by atoms with Crippen LogP contribution in [0.3, 0.4) is 0 Å². The maximum atomic E-state index is 12.5. The number of amides is 1. The van der Waals surface area contributed by atoms with Crippen molar-refractivity contribution in [1.29, 1.82) is 0 Å². The minimum absolute atomic E-state index is 0.161. The molecule has 148 valence electrons. The third kappa shape index (κ3) is 4.39. The summed E-state index contributed by atoms with van der Waals surface area (Å²) in [6, 6.07) is 11.0. The van der Waals surface area contributed by atoms with E-state index in [0.717, 1.165) is 22.7 Å². The first-order valence-electron chi connectivity index (χ1n) is 9.21. The fraction of sp³-hybridized carbons (Fsp3) is 0.333. The number of hydrogen-bond acceptors (Lipinski definition) is 4. The Labute approximate surface area is 169 Å². The highest BCUT2D eigenvalue weighted by molar-refractivity contribution is 6.31. The highest BCUT2D eigenvalue weighted by atomic mass is 35.5. The predicted octanol–water partition coefficient (Wildman–Crippen LogP) is 4.68. The van der Waals surface area contributed by atoms with Crippen molar-refractivity contribution in [2.45, 2.75) is 40.3 Å². The molecule has 2 aromatic heterocycles. The first-order valence-corrected chi connectivity index (χ1v) is 9.58. The number of aryl methyl sites for hydroxylation is 1. The van der Waals surface area contributed by atoms with E-state index in [4.69, 9.17) is 20.8 Å². The van der Waals surface area contributed by atoms with Crippen molar-refractivity contribution in [3.63, 3.8) is 0 Å². The number of carbonyl (C=O) groups is 1. The normalized spacial score (nSPS) is 12.0. The van der Waals surface area contributed by atoms with E-state index in [-0.39, 0.29) is 17.7 Å². The van der Waals surface area contributed by atoms with Gasteiger partial charge in [0.1, 0.15) is 11.5 Å². The Morgan fingerprint density at radius 3 is 2.57 bits per heavy atom. The molecule has 0 fully saturated rings. The Morgan fingerprint density at radius 2 is 1.96 bits per heavy atom. The van der Waals surface area contributed by atoms with Crippen LogP contribution in [0, 0.1) is 13.8 Å². The largest absolute Gasteiger partial charge is 0.494 e. The molecule has 0 saturated heterocycles. The molecule has 1 amide bonds. The minimum Gasteiger partial charge on any atom is -0.494 e. The van der Waals surface area contributed by atoms with Crippen molar-refractivity contribution in [3.8, 4) is 5.75 Å². The monoisotopic (exact) mass is 401 g/mol. The third-order valence-corrected chi connectivity index (χ3v) is 5.07. The molecule has 1 N–H and O–H groups in total. The molecule has 0 saturated carbocycles. The van der Waals surface area contributed by atoms with E-state index >= 15 is 0 Å². The molecule has 0 radical (unpaired) electrons. The molecule has 1 aromatic carbocycles. The van der Waals surface area contributed by atoms with Crippen LogP contribution in [-0.2, 0) is 6.54 Å². The van der Waals surface area contributed by atoms with Gasteiger partial charge in [0, 0.05) is 0 Å². The predicted molar refractivity (Wildman–Crippen MR) is 108 cm³/mol. The van der Waals surface area contributed by atoms with Gasteiger partial charge in [-0.05, 0) is 57.5 Å². The van der Waals surface area contributed by atoms with Gasteiger partial charge in [-0.1, -0.05) is 23.7 Å². The summed E-state index contributed by atoms with van der Waals surface area (Å²) in [5.74, 6) is 1.45. The molecule has 6 nitrogen and oxygen atoms in total. The van der Waals surface area contributed by atoms with Crippen LogP contribution < -0.4 is 10.1 Å². The number of halogens is 1. The van der Waals surface area contributed by atoms with Crippen LogP contribution in [-0.4, -0.2) is 22.3 Å². The summed E-state index contributed by atoms with van der Waals surface area (Å²) in [5.41, 5.74) is 2.62. The van der Waals surface area contributed by atoms with Crippen LogP contribution in [0.15, 0.2) is 40.8 Å². The highest BCUT2D eigenvalue weighted by Gasteiger charge is 2.16. The lowest BCUT2D eigenvalue weighted by Crippen LogP contribution is -2.26. The molecule has 3 rings (SSSR count). The quantitative estimate of drug-likeness (QED) is 0.623. The lowest BCUT2D eigenvalue weighted by Gasteiger charge is -2.14. The summed E-state index contributed by atoms with van der Waals surface area (Å²) in [7, 11) is 0. The van der Waals surface area contributed by atoms with E-state index in [1.807, 2.05) is 52.0 Å². The van der Waals surface area contributed by atoms with E-state index < -0.39 is 0 Å². The van der Waals surface area contributed by atoms with Crippen LogP contribution in [0.2, 0.25) is 5.02 Å². The topological polar surface area (TPSA) is 69.3 Å². The van der Waals surface area contributed by atoms with Crippen LogP contribution in [0.4, 0.5) is 0 Å². The summed E-state index contributed by atoms with van der Waals surface area (Å²) in [6.07, 6.45) is 0. The molecule has 3 aromatic rings. The number of furan rings is 1. The van der Waals surface area contributed by atoms with Gasteiger partial charge in [-0.25, -0.2) is 0 Å². The van der Waals surface area contributed by atoms with Gasteiger partial charge in [-0.3, -0.25) is 9.48 Å². The first-order chi connectivity index (χ1) is 13.4. The zero-order valence-electron chi connectivity index (χ0n) is 16.5. The lowest BCUT2D eigenvalue weighted by atomic mass is 10.1. The van der Waals surface area contributed by atoms with Gasteiger partial charge in [-0.2, -0.15) is 5.10 Å². The maximum absolute atomic E-state index is 12.5. The number of nitrogens with zero attached hydrogens (tertiary/aromatic N) is 2. The first kappa shape index (κ1) is 20.0. The number of nitrogens with one attached hydrogen (secondary N) is 1. The Hall–Kier alpha value is -2.73. The molecule has 0 aliphatic carbocycles. The van der Waals surface area contributed by atoms with E-state index in [2.05, 4.69) is 10.4 Å². The Kier molecular flexibility index (Phi) is 6.09. The van der Waals surface area contributed by atoms with E-state index in [0.29, 0.717) is 23.9 Å². The van der Waals surface area contributed by atoms with Gasteiger partial charge in [0.15, 0.2) is 5.76 Å². The molecule has 7 heteroatoms. The van der Waals surface area contributed by atoms with Crippen LogP contribution in [0.25, 0.3) is 0 Å². The van der Waals surface area contributed by atoms with Crippen molar-refractivity contribution >= 4 is 17.5 Å². The second-order valence-corrected chi connectivity index (χ2v) is 6.98. The molecule has 0 spiro atoms. The SMILES string of the molecule is CCOc1ccc(C(C)NC(=O)c2ccc(Cn3nc(C)c(Cl)c3C)o2)cc1. The number of benzene rings is 1. The smallest absolute Gasteiger partial charge is 0.287 e. The molecule has 0 aliphatic rings. The lowest BCUT2D eigenvalue weighted by molar-refractivity contribution is 0.0909. The highest BCUT2D eigenvalue weighted by Crippen LogP contribution is 2.21. The zero-order valence-corrected chi connectivity index (χ0v) is 17.2. The fourth-order valence-corrected chi connectivity index (χ4v) is 3.07. The Balaban J connectivity index is 1.64.